The van der Waals surface area contributed by atoms with Crippen LogP contribution in [-0.4, -0.2) is 28.8 Å². The van der Waals surface area contributed by atoms with Crippen LogP contribution in [0.2, 0.25) is 0 Å². The van der Waals surface area contributed by atoms with E-state index in [4.69, 9.17) is 4.74 Å². The number of amides is 1. The van der Waals surface area contributed by atoms with E-state index in [0.717, 1.165) is 0 Å². The molecule has 1 amide bonds. The fourth-order valence-electron chi connectivity index (χ4n) is 2.40. The molecular weight excluding hydrogens is 349 g/mol. The molecule has 0 bridgehead atoms. The van der Waals surface area contributed by atoms with Crippen molar-refractivity contribution in [2.24, 2.45) is 0 Å². The van der Waals surface area contributed by atoms with Crippen molar-refractivity contribution in [1.82, 2.24) is 15.1 Å². The monoisotopic (exact) mass is 367 g/mol. The van der Waals surface area contributed by atoms with Crippen LogP contribution in [0.1, 0.15) is 0 Å². The molecule has 0 fully saturated rings. The number of hydrogen-bond donors (Lipinski definition) is 1. The lowest BCUT2D eigenvalue weighted by molar-refractivity contribution is -0.123. The number of nitrogens with zero attached hydrogens (tertiary/aromatic N) is 2. The molecule has 2 aromatic carbocycles. The lowest BCUT2D eigenvalue weighted by atomic mass is 10.1. The molecule has 0 spiro atoms. The summed E-state index contributed by atoms with van der Waals surface area (Å²) in [5.74, 6) is -0.0216. The van der Waals surface area contributed by atoms with Gasteiger partial charge in [-0.1, -0.05) is 18.2 Å². The first-order valence-corrected chi connectivity index (χ1v) is 8.40. The van der Waals surface area contributed by atoms with Crippen molar-refractivity contribution in [2.45, 2.75) is 6.54 Å². The van der Waals surface area contributed by atoms with Gasteiger partial charge in [0.2, 0.25) is 0 Å². The molecule has 0 radical (unpaired) electrons. The molecule has 1 heterocycles. The van der Waals surface area contributed by atoms with E-state index in [-0.39, 0.29) is 37.0 Å². The molecule has 0 aliphatic rings. The number of carbonyl (C=O) groups excluding carboxylic acids is 1. The normalized spacial score (nSPS) is 10.4. The number of hydrogen-bond acceptors (Lipinski definition) is 4. The second-order valence-electron chi connectivity index (χ2n) is 5.74. The van der Waals surface area contributed by atoms with Gasteiger partial charge in [-0.15, -0.1) is 0 Å². The Morgan fingerprint density at radius 2 is 1.78 bits per heavy atom. The molecule has 0 atom stereocenters. The molecule has 0 unspecified atom stereocenters. The standard InChI is InChI=1S/C20H18FN3O3/c21-16-8-6-15(7-9-16)18-10-11-20(26)24(23-18)13-12-22-19(25)14-27-17-4-2-1-3-5-17/h1-11H,12-14H2,(H,22,25). The van der Waals surface area contributed by atoms with Crippen LogP contribution in [0, 0.1) is 5.82 Å². The van der Waals surface area contributed by atoms with Gasteiger partial charge in [0, 0.05) is 18.2 Å². The summed E-state index contributed by atoms with van der Waals surface area (Å²) in [5, 5.41) is 6.94. The maximum absolute atomic E-state index is 13.0. The van der Waals surface area contributed by atoms with E-state index in [1.54, 1.807) is 30.3 Å². The third-order valence-electron chi connectivity index (χ3n) is 3.77. The highest BCUT2D eigenvalue weighted by Crippen LogP contribution is 2.15. The number of aromatic nitrogens is 2. The van der Waals surface area contributed by atoms with Crippen molar-refractivity contribution in [3.8, 4) is 17.0 Å². The summed E-state index contributed by atoms with van der Waals surface area (Å²) in [6.45, 7) is 0.337. The highest BCUT2D eigenvalue weighted by Gasteiger charge is 2.06. The summed E-state index contributed by atoms with van der Waals surface area (Å²) < 4.78 is 19.6. The number of ether oxygens (including phenoxy) is 1. The molecule has 0 aliphatic heterocycles. The summed E-state index contributed by atoms with van der Waals surface area (Å²) in [4.78, 5) is 23.8. The van der Waals surface area contributed by atoms with Crippen molar-refractivity contribution in [3.05, 3.63) is 82.9 Å². The van der Waals surface area contributed by atoms with E-state index in [1.807, 2.05) is 18.2 Å². The fraction of sp³-hybridized carbons (Fsp3) is 0.150. The third kappa shape index (κ3) is 5.24. The Labute approximate surface area is 155 Å². The highest BCUT2D eigenvalue weighted by molar-refractivity contribution is 5.77. The van der Waals surface area contributed by atoms with E-state index in [2.05, 4.69) is 10.4 Å². The van der Waals surface area contributed by atoms with Gasteiger partial charge in [-0.2, -0.15) is 5.10 Å². The lowest BCUT2D eigenvalue weighted by Gasteiger charge is -2.09. The van der Waals surface area contributed by atoms with Crippen LogP contribution in [-0.2, 0) is 11.3 Å². The molecule has 0 aliphatic carbocycles. The first kappa shape index (κ1) is 18.3. The molecule has 0 saturated carbocycles. The number of para-hydroxylation sites is 1. The predicted octanol–water partition coefficient (Wildman–Crippen LogP) is 2.24. The van der Waals surface area contributed by atoms with E-state index >= 15 is 0 Å². The maximum Gasteiger partial charge on any atom is 0.266 e. The second-order valence-corrected chi connectivity index (χ2v) is 5.74. The van der Waals surface area contributed by atoms with Gasteiger partial charge in [-0.25, -0.2) is 9.07 Å². The zero-order valence-electron chi connectivity index (χ0n) is 14.5. The van der Waals surface area contributed by atoms with Crippen LogP contribution in [0.25, 0.3) is 11.3 Å². The SMILES string of the molecule is O=C(COc1ccccc1)NCCn1nc(-c2ccc(F)cc2)ccc1=O. The van der Waals surface area contributed by atoms with E-state index in [1.165, 1.54) is 22.9 Å². The minimum absolute atomic E-state index is 0.109. The zero-order chi connectivity index (χ0) is 19.1. The highest BCUT2D eigenvalue weighted by atomic mass is 19.1. The minimum atomic E-state index is -0.340. The van der Waals surface area contributed by atoms with Gasteiger partial charge in [0.05, 0.1) is 12.2 Å². The topological polar surface area (TPSA) is 73.2 Å². The Kier molecular flexibility index (Phi) is 5.94. The molecule has 0 saturated heterocycles. The van der Waals surface area contributed by atoms with Crippen LogP contribution in [0.5, 0.6) is 5.75 Å². The Balaban J connectivity index is 1.54. The largest absolute Gasteiger partial charge is 0.484 e. The fourth-order valence-corrected chi connectivity index (χ4v) is 2.40. The van der Waals surface area contributed by atoms with Crippen LogP contribution in [0.4, 0.5) is 4.39 Å². The lowest BCUT2D eigenvalue weighted by Crippen LogP contribution is -2.34. The third-order valence-corrected chi connectivity index (χ3v) is 3.77. The van der Waals surface area contributed by atoms with Crippen molar-refractivity contribution in [1.29, 1.82) is 0 Å². The summed E-state index contributed by atoms with van der Waals surface area (Å²) in [6.07, 6.45) is 0. The maximum atomic E-state index is 13.0. The van der Waals surface area contributed by atoms with Gasteiger partial charge in [0.25, 0.3) is 11.5 Å². The van der Waals surface area contributed by atoms with Gasteiger partial charge < -0.3 is 10.1 Å². The molecule has 6 nitrogen and oxygen atoms in total. The summed E-state index contributed by atoms with van der Waals surface area (Å²) >= 11 is 0. The van der Waals surface area contributed by atoms with Gasteiger partial charge in [0.15, 0.2) is 6.61 Å². The van der Waals surface area contributed by atoms with E-state index in [9.17, 15) is 14.0 Å². The van der Waals surface area contributed by atoms with Gasteiger partial charge in [-0.3, -0.25) is 9.59 Å². The Hall–Kier alpha value is -3.48. The van der Waals surface area contributed by atoms with Gasteiger partial charge >= 0.3 is 0 Å². The molecular formula is C20H18FN3O3. The summed E-state index contributed by atoms with van der Waals surface area (Å²) in [7, 11) is 0. The molecule has 7 heteroatoms. The Bertz CT molecular complexity index is 956. The number of benzene rings is 2. The van der Waals surface area contributed by atoms with E-state index < -0.39 is 0 Å². The van der Waals surface area contributed by atoms with E-state index in [0.29, 0.717) is 17.0 Å². The number of halogens is 1. The molecule has 1 N–H and O–H groups in total. The molecule has 27 heavy (non-hydrogen) atoms. The van der Waals surface area contributed by atoms with Crippen LogP contribution < -0.4 is 15.6 Å². The number of nitrogens with one attached hydrogen (secondary N) is 1. The van der Waals surface area contributed by atoms with Crippen molar-refractivity contribution in [2.75, 3.05) is 13.2 Å². The van der Waals surface area contributed by atoms with Crippen molar-refractivity contribution in [3.63, 3.8) is 0 Å². The summed E-state index contributed by atoms with van der Waals surface area (Å²) in [6, 6.07) is 17.8. The number of carbonyl (C=O) groups is 1. The van der Waals surface area contributed by atoms with Crippen molar-refractivity contribution >= 4 is 5.91 Å². The van der Waals surface area contributed by atoms with Crippen LogP contribution in [0.15, 0.2) is 71.5 Å². The average Bonchev–Trinajstić information content (AvgIpc) is 2.69. The molecule has 3 aromatic rings. The summed E-state index contributed by atoms with van der Waals surface area (Å²) in [5.41, 5.74) is 0.967. The average molecular weight is 367 g/mol. The first-order chi connectivity index (χ1) is 13.1. The van der Waals surface area contributed by atoms with Crippen LogP contribution in [0.3, 0.4) is 0 Å². The Morgan fingerprint density at radius 1 is 1.04 bits per heavy atom. The quantitative estimate of drug-likeness (QED) is 0.695. The van der Waals surface area contributed by atoms with Crippen molar-refractivity contribution < 1.29 is 13.9 Å². The number of rotatable bonds is 7. The minimum Gasteiger partial charge on any atom is -0.484 e. The van der Waals surface area contributed by atoms with Gasteiger partial charge in [-0.05, 0) is 42.5 Å². The second kappa shape index (κ2) is 8.75. The molecule has 138 valence electrons. The smallest absolute Gasteiger partial charge is 0.266 e. The molecule has 1 aromatic heterocycles. The Morgan fingerprint density at radius 3 is 2.52 bits per heavy atom. The first-order valence-electron chi connectivity index (χ1n) is 8.40. The van der Waals surface area contributed by atoms with Crippen LogP contribution >= 0.6 is 0 Å². The van der Waals surface area contributed by atoms with Gasteiger partial charge in [0.1, 0.15) is 11.6 Å². The predicted molar refractivity (Wildman–Crippen MR) is 98.8 cm³/mol. The zero-order valence-corrected chi connectivity index (χ0v) is 14.5. The molecule has 3 rings (SSSR count).